The molecule has 1 rings (SSSR count). The predicted octanol–water partition coefficient (Wildman–Crippen LogP) is 1.18. The summed E-state index contributed by atoms with van der Waals surface area (Å²) in [4.78, 5) is 0. The Kier molecular flexibility index (Phi) is 7.77. The fraction of sp³-hybridized carbons (Fsp3) is 1.00. The molecule has 102 valence electrons. The molecule has 0 bridgehead atoms. The third-order valence-corrected chi connectivity index (χ3v) is 3.40. The van der Waals surface area contributed by atoms with E-state index in [2.05, 4.69) is 12.2 Å². The van der Waals surface area contributed by atoms with Crippen LogP contribution < -0.4 is 5.32 Å². The highest BCUT2D eigenvalue weighted by molar-refractivity contribution is 4.73. The largest absolute Gasteiger partial charge is 0.389 e. The van der Waals surface area contributed by atoms with Crippen LogP contribution in [0, 0.1) is 5.92 Å². The van der Waals surface area contributed by atoms with Gasteiger partial charge in [0.2, 0.25) is 0 Å². The van der Waals surface area contributed by atoms with Crippen LogP contribution in [0.3, 0.4) is 0 Å². The summed E-state index contributed by atoms with van der Waals surface area (Å²) in [5.41, 5.74) is 0. The van der Waals surface area contributed by atoms with Gasteiger partial charge in [0.15, 0.2) is 0 Å². The van der Waals surface area contributed by atoms with Crippen LogP contribution in [0.2, 0.25) is 0 Å². The van der Waals surface area contributed by atoms with Gasteiger partial charge in [-0.2, -0.15) is 0 Å². The maximum Gasteiger partial charge on any atom is 0.0897 e. The summed E-state index contributed by atoms with van der Waals surface area (Å²) in [7, 11) is 1.67. The predicted molar refractivity (Wildman–Crippen MR) is 68.1 cm³/mol. The van der Waals surface area contributed by atoms with Gasteiger partial charge in [0.05, 0.1) is 25.4 Å². The van der Waals surface area contributed by atoms with Crippen LogP contribution in [0.1, 0.15) is 32.6 Å². The lowest BCUT2D eigenvalue weighted by Crippen LogP contribution is -2.35. The summed E-state index contributed by atoms with van der Waals surface area (Å²) in [6.07, 6.45) is 4.91. The molecule has 1 fully saturated rings. The van der Waals surface area contributed by atoms with Gasteiger partial charge >= 0.3 is 0 Å². The van der Waals surface area contributed by atoms with E-state index in [0.717, 1.165) is 13.0 Å². The number of methoxy groups -OCH3 is 1. The average molecular weight is 245 g/mol. The molecule has 1 saturated carbocycles. The summed E-state index contributed by atoms with van der Waals surface area (Å²) in [5.74, 6) is 0.636. The van der Waals surface area contributed by atoms with Gasteiger partial charge in [-0.3, -0.25) is 0 Å². The molecule has 1 aliphatic carbocycles. The minimum Gasteiger partial charge on any atom is -0.389 e. The highest BCUT2D eigenvalue weighted by Crippen LogP contribution is 2.26. The van der Waals surface area contributed by atoms with Gasteiger partial charge in [0.25, 0.3) is 0 Å². The Morgan fingerprint density at radius 1 is 1.35 bits per heavy atom. The molecule has 0 radical (unpaired) electrons. The standard InChI is InChI=1S/C13H27NO3/c1-11-5-3-4-6-13(11)17-10-12(15)9-14-7-8-16-2/h11-15H,3-10H2,1-2H3/t11-,12+,13-/m1/s1. The first kappa shape index (κ1) is 14.9. The van der Waals surface area contributed by atoms with E-state index in [1.807, 2.05) is 0 Å². The van der Waals surface area contributed by atoms with Crippen molar-refractivity contribution in [3.05, 3.63) is 0 Å². The fourth-order valence-electron chi connectivity index (χ4n) is 2.27. The summed E-state index contributed by atoms with van der Waals surface area (Å²) >= 11 is 0. The van der Waals surface area contributed by atoms with Crippen LogP contribution in [0.4, 0.5) is 0 Å². The molecule has 0 aliphatic heterocycles. The first-order valence-corrected chi connectivity index (χ1v) is 6.73. The lowest BCUT2D eigenvalue weighted by atomic mass is 9.88. The number of hydrogen-bond donors (Lipinski definition) is 2. The van der Waals surface area contributed by atoms with E-state index in [9.17, 15) is 5.11 Å². The van der Waals surface area contributed by atoms with E-state index in [-0.39, 0.29) is 0 Å². The smallest absolute Gasteiger partial charge is 0.0897 e. The van der Waals surface area contributed by atoms with Gasteiger partial charge < -0.3 is 19.9 Å². The van der Waals surface area contributed by atoms with Crippen molar-refractivity contribution in [2.24, 2.45) is 5.92 Å². The van der Waals surface area contributed by atoms with Crippen molar-refractivity contribution in [3.8, 4) is 0 Å². The number of aliphatic hydroxyl groups is 1. The third-order valence-electron chi connectivity index (χ3n) is 3.40. The Morgan fingerprint density at radius 2 is 2.12 bits per heavy atom. The highest BCUT2D eigenvalue weighted by atomic mass is 16.5. The van der Waals surface area contributed by atoms with Gasteiger partial charge in [-0.1, -0.05) is 19.8 Å². The molecular weight excluding hydrogens is 218 g/mol. The molecule has 4 nitrogen and oxygen atoms in total. The summed E-state index contributed by atoms with van der Waals surface area (Å²) in [6.45, 7) is 4.70. The third kappa shape index (κ3) is 6.36. The summed E-state index contributed by atoms with van der Waals surface area (Å²) in [6, 6.07) is 0. The van der Waals surface area contributed by atoms with E-state index in [4.69, 9.17) is 9.47 Å². The molecule has 0 aromatic heterocycles. The monoisotopic (exact) mass is 245 g/mol. The van der Waals surface area contributed by atoms with Crippen LogP contribution in [0.5, 0.6) is 0 Å². The van der Waals surface area contributed by atoms with Crippen molar-refractivity contribution in [1.82, 2.24) is 5.32 Å². The Morgan fingerprint density at radius 3 is 2.82 bits per heavy atom. The number of nitrogens with one attached hydrogen (secondary N) is 1. The van der Waals surface area contributed by atoms with Crippen LogP contribution in [0.15, 0.2) is 0 Å². The van der Waals surface area contributed by atoms with Crippen molar-refractivity contribution in [2.75, 3.05) is 33.4 Å². The number of ether oxygens (including phenoxy) is 2. The molecule has 0 unspecified atom stereocenters. The Labute approximate surface area is 105 Å². The second-order valence-electron chi connectivity index (χ2n) is 4.98. The van der Waals surface area contributed by atoms with Crippen LogP contribution in [-0.2, 0) is 9.47 Å². The second-order valence-corrected chi connectivity index (χ2v) is 4.98. The second kappa shape index (κ2) is 8.86. The van der Waals surface area contributed by atoms with Gasteiger partial charge in [0, 0.05) is 20.2 Å². The molecule has 0 saturated heterocycles. The quantitative estimate of drug-likeness (QED) is 0.631. The van der Waals surface area contributed by atoms with E-state index < -0.39 is 6.10 Å². The number of rotatable bonds is 8. The number of hydrogen-bond acceptors (Lipinski definition) is 4. The Bertz CT molecular complexity index is 190. The molecule has 2 N–H and O–H groups in total. The molecule has 0 amide bonds. The number of aliphatic hydroxyl groups excluding tert-OH is 1. The maximum atomic E-state index is 9.74. The average Bonchev–Trinajstić information content (AvgIpc) is 2.34. The fourth-order valence-corrected chi connectivity index (χ4v) is 2.27. The first-order valence-electron chi connectivity index (χ1n) is 6.73. The lowest BCUT2D eigenvalue weighted by molar-refractivity contribution is -0.0452. The minimum absolute atomic E-state index is 0.345. The molecular formula is C13H27NO3. The Hall–Kier alpha value is -0.160. The summed E-state index contributed by atoms with van der Waals surface area (Å²) < 4.78 is 10.7. The van der Waals surface area contributed by atoms with Gasteiger partial charge in [-0.15, -0.1) is 0 Å². The normalized spacial score (nSPS) is 27.0. The topological polar surface area (TPSA) is 50.7 Å². The molecule has 4 heteroatoms. The molecule has 0 spiro atoms. The zero-order valence-corrected chi connectivity index (χ0v) is 11.2. The van der Waals surface area contributed by atoms with E-state index in [1.54, 1.807) is 7.11 Å². The minimum atomic E-state index is -0.416. The molecule has 0 heterocycles. The van der Waals surface area contributed by atoms with Gasteiger partial charge in [0.1, 0.15) is 0 Å². The van der Waals surface area contributed by atoms with E-state index in [1.165, 1.54) is 19.3 Å². The van der Waals surface area contributed by atoms with E-state index >= 15 is 0 Å². The molecule has 0 aromatic carbocycles. The van der Waals surface area contributed by atoms with Gasteiger partial charge in [-0.25, -0.2) is 0 Å². The first-order chi connectivity index (χ1) is 8.24. The van der Waals surface area contributed by atoms with Crippen molar-refractivity contribution in [1.29, 1.82) is 0 Å². The van der Waals surface area contributed by atoms with Crippen LogP contribution >= 0.6 is 0 Å². The maximum absolute atomic E-state index is 9.74. The van der Waals surface area contributed by atoms with Crippen molar-refractivity contribution >= 4 is 0 Å². The van der Waals surface area contributed by atoms with Crippen molar-refractivity contribution in [3.63, 3.8) is 0 Å². The Balaban J connectivity index is 2.03. The lowest BCUT2D eigenvalue weighted by Gasteiger charge is -2.29. The van der Waals surface area contributed by atoms with Crippen molar-refractivity contribution < 1.29 is 14.6 Å². The summed E-state index contributed by atoms with van der Waals surface area (Å²) in [5, 5.41) is 12.9. The highest BCUT2D eigenvalue weighted by Gasteiger charge is 2.22. The van der Waals surface area contributed by atoms with E-state index in [0.29, 0.717) is 31.8 Å². The van der Waals surface area contributed by atoms with Crippen LogP contribution in [-0.4, -0.2) is 50.7 Å². The molecule has 3 atom stereocenters. The molecule has 1 aliphatic rings. The van der Waals surface area contributed by atoms with Gasteiger partial charge in [-0.05, 0) is 18.8 Å². The zero-order valence-electron chi connectivity index (χ0n) is 11.2. The SMILES string of the molecule is COCCNC[C@H](O)CO[C@@H]1CCCC[C@H]1C. The zero-order chi connectivity index (χ0) is 12.5. The van der Waals surface area contributed by atoms with Crippen LogP contribution in [0.25, 0.3) is 0 Å². The van der Waals surface area contributed by atoms with Crippen molar-refractivity contribution in [2.45, 2.75) is 44.8 Å². The molecule has 0 aromatic rings. The molecule has 17 heavy (non-hydrogen) atoms.